The third-order valence-electron chi connectivity index (χ3n) is 3.50. The minimum Gasteiger partial charge on any atom is -0.395 e. The van der Waals surface area contributed by atoms with Gasteiger partial charge in [-0.1, -0.05) is 0 Å². The predicted molar refractivity (Wildman–Crippen MR) is 77.0 cm³/mol. The van der Waals surface area contributed by atoms with Crippen molar-refractivity contribution in [3.63, 3.8) is 0 Å². The summed E-state index contributed by atoms with van der Waals surface area (Å²) in [6, 6.07) is 4.92. The summed E-state index contributed by atoms with van der Waals surface area (Å²) in [6.45, 7) is 2.54. The number of hydrogen-bond donors (Lipinski definition) is 1. The van der Waals surface area contributed by atoms with Gasteiger partial charge in [0, 0.05) is 30.4 Å². The van der Waals surface area contributed by atoms with E-state index in [1.165, 1.54) is 0 Å². The fourth-order valence-electron chi connectivity index (χ4n) is 2.43. The van der Waals surface area contributed by atoms with Crippen LogP contribution in [0.4, 0.5) is 20.3 Å². The zero-order chi connectivity index (χ0) is 14.8. The van der Waals surface area contributed by atoms with E-state index < -0.39 is 11.6 Å². The number of nitrogen functional groups attached to an aromatic ring is 1. The highest BCUT2D eigenvalue weighted by Crippen LogP contribution is 2.34. The maximum atomic E-state index is 13.9. The first kappa shape index (κ1) is 13.8. The van der Waals surface area contributed by atoms with Crippen LogP contribution in [-0.4, -0.2) is 31.3 Å². The third kappa shape index (κ3) is 2.67. The highest BCUT2D eigenvalue weighted by Gasteiger charge is 2.19. The Balaban J connectivity index is 2.05. The first-order valence-corrected chi connectivity index (χ1v) is 6.69. The van der Waals surface area contributed by atoms with Crippen molar-refractivity contribution in [2.45, 2.75) is 0 Å². The second-order valence-electron chi connectivity index (χ2n) is 4.82. The van der Waals surface area contributed by atoms with Gasteiger partial charge in [0.05, 0.1) is 18.9 Å². The summed E-state index contributed by atoms with van der Waals surface area (Å²) in [6.07, 6.45) is 1.56. The number of morpholine rings is 1. The average Bonchev–Trinajstić information content (AvgIpc) is 2.51. The Labute approximate surface area is 121 Å². The highest BCUT2D eigenvalue weighted by atomic mass is 19.1. The van der Waals surface area contributed by atoms with Crippen molar-refractivity contribution in [1.82, 2.24) is 4.98 Å². The van der Waals surface area contributed by atoms with Crippen LogP contribution in [0.1, 0.15) is 0 Å². The van der Waals surface area contributed by atoms with E-state index in [-0.39, 0.29) is 5.56 Å². The van der Waals surface area contributed by atoms with Crippen molar-refractivity contribution in [2.24, 2.45) is 0 Å². The summed E-state index contributed by atoms with van der Waals surface area (Å²) in [5.74, 6) is -0.433. The van der Waals surface area contributed by atoms with Gasteiger partial charge in [-0.05, 0) is 24.3 Å². The van der Waals surface area contributed by atoms with Gasteiger partial charge in [0.1, 0.15) is 11.6 Å². The molecule has 0 unspecified atom stereocenters. The van der Waals surface area contributed by atoms with E-state index in [0.29, 0.717) is 43.4 Å². The van der Waals surface area contributed by atoms with Crippen molar-refractivity contribution in [3.05, 3.63) is 42.1 Å². The van der Waals surface area contributed by atoms with Gasteiger partial charge in [0.15, 0.2) is 5.82 Å². The van der Waals surface area contributed by atoms with Crippen LogP contribution in [0.3, 0.4) is 0 Å². The second kappa shape index (κ2) is 5.65. The Morgan fingerprint density at radius 2 is 1.86 bits per heavy atom. The molecule has 0 aliphatic carbocycles. The maximum Gasteiger partial charge on any atom is 0.152 e. The lowest BCUT2D eigenvalue weighted by atomic mass is 10.0. The van der Waals surface area contributed by atoms with Gasteiger partial charge < -0.3 is 15.4 Å². The Hall–Kier alpha value is -2.21. The maximum absolute atomic E-state index is 13.9. The molecule has 1 saturated heterocycles. The zero-order valence-electron chi connectivity index (χ0n) is 11.4. The Bertz CT molecular complexity index is 657. The molecule has 21 heavy (non-hydrogen) atoms. The Kier molecular flexibility index (Phi) is 3.70. The lowest BCUT2D eigenvalue weighted by Gasteiger charge is -2.29. The summed E-state index contributed by atoms with van der Waals surface area (Å²) in [5.41, 5.74) is 7.07. The van der Waals surface area contributed by atoms with E-state index in [4.69, 9.17) is 10.5 Å². The smallest absolute Gasteiger partial charge is 0.152 e. The predicted octanol–water partition coefficient (Wildman–Crippen LogP) is 2.45. The molecule has 1 aromatic carbocycles. The van der Waals surface area contributed by atoms with E-state index in [9.17, 15) is 8.78 Å². The molecule has 0 atom stereocenters. The van der Waals surface area contributed by atoms with Crippen LogP contribution >= 0.6 is 0 Å². The van der Waals surface area contributed by atoms with Gasteiger partial charge in [-0.15, -0.1) is 0 Å². The zero-order valence-corrected chi connectivity index (χ0v) is 11.4. The lowest BCUT2D eigenvalue weighted by Crippen LogP contribution is -2.37. The number of ether oxygens (including phenoxy) is 1. The number of halogens is 2. The molecule has 2 aromatic rings. The van der Waals surface area contributed by atoms with Crippen molar-refractivity contribution < 1.29 is 13.5 Å². The second-order valence-corrected chi connectivity index (χ2v) is 4.82. The molecule has 4 nitrogen and oxygen atoms in total. The Morgan fingerprint density at radius 1 is 1.10 bits per heavy atom. The van der Waals surface area contributed by atoms with Gasteiger partial charge in [0.25, 0.3) is 0 Å². The molecule has 110 valence electrons. The molecule has 6 heteroatoms. The fourth-order valence-corrected chi connectivity index (χ4v) is 2.43. The molecule has 0 saturated carbocycles. The monoisotopic (exact) mass is 291 g/mol. The van der Waals surface area contributed by atoms with E-state index in [1.807, 2.05) is 4.90 Å². The lowest BCUT2D eigenvalue weighted by molar-refractivity contribution is 0.122. The SMILES string of the molecule is Nc1c(-c2cc(F)ccc2F)ccnc1N1CCOCC1. The number of hydrogen-bond acceptors (Lipinski definition) is 4. The molecule has 1 aromatic heterocycles. The first-order valence-electron chi connectivity index (χ1n) is 6.69. The molecule has 0 spiro atoms. The molecular formula is C15H15F2N3O. The minimum atomic E-state index is -0.512. The van der Waals surface area contributed by atoms with Crippen LogP contribution in [0.25, 0.3) is 11.1 Å². The van der Waals surface area contributed by atoms with Crippen molar-refractivity contribution in [3.8, 4) is 11.1 Å². The first-order chi connectivity index (χ1) is 10.2. The molecule has 0 bridgehead atoms. The van der Waals surface area contributed by atoms with Crippen molar-refractivity contribution in [1.29, 1.82) is 0 Å². The fraction of sp³-hybridized carbons (Fsp3) is 0.267. The molecule has 1 fully saturated rings. The van der Waals surface area contributed by atoms with Crippen LogP contribution in [0, 0.1) is 11.6 Å². The van der Waals surface area contributed by atoms with Gasteiger partial charge in [-0.3, -0.25) is 0 Å². The van der Waals surface area contributed by atoms with Crippen LogP contribution in [0.15, 0.2) is 30.5 Å². The summed E-state index contributed by atoms with van der Waals surface area (Å²) in [7, 11) is 0. The molecule has 0 radical (unpaired) electrons. The molecule has 2 N–H and O–H groups in total. The van der Waals surface area contributed by atoms with Gasteiger partial charge in [0.2, 0.25) is 0 Å². The molecule has 3 rings (SSSR count). The quantitative estimate of drug-likeness (QED) is 0.923. The molecule has 1 aliphatic rings. The largest absolute Gasteiger partial charge is 0.395 e. The standard InChI is InChI=1S/C15H15F2N3O/c16-10-1-2-13(17)12(9-10)11-3-4-19-15(14(11)18)20-5-7-21-8-6-20/h1-4,9H,5-8,18H2. The van der Waals surface area contributed by atoms with E-state index in [0.717, 1.165) is 18.2 Å². The number of anilines is 2. The number of nitrogens with two attached hydrogens (primary N) is 1. The number of pyridine rings is 1. The number of nitrogens with zero attached hydrogens (tertiary/aromatic N) is 2. The van der Waals surface area contributed by atoms with Crippen molar-refractivity contribution in [2.75, 3.05) is 36.9 Å². The number of benzene rings is 1. The van der Waals surface area contributed by atoms with Gasteiger partial charge in [-0.25, -0.2) is 13.8 Å². The molecule has 2 heterocycles. The minimum absolute atomic E-state index is 0.143. The number of aromatic nitrogens is 1. The Morgan fingerprint density at radius 3 is 2.62 bits per heavy atom. The topological polar surface area (TPSA) is 51.4 Å². The average molecular weight is 291 g/mol. The normalized spacial score (nSPS) is 15.2. The van der Waals surface area contributed by atoms with Crippen LogP contribution in [0.2, 0.25) is 0 Å². The van der Waals surface area contributed by atoms with Crippen LogP contribution in [0.5, 0.6) is 0 Å². The summed E-state index contributed by atoms with van der Waals surface area (Å²) in [5, 5.41) is 0. The van der Waals surface area contributed by atoms with Crippen LogP contribution < -0.4 is 10.6 Å². The third-order valence-corrected chi connectivity index (χ3v) is 3.50. The molecule has 0 amide bonds. The molecule has 1 aliphatic heterocycles. The van der Waals surface area contributed by atoms with Gasteiger partial charge >= 0.3 is 0 Å². The van der Waals surface area contributed by atoms with Crippen molar-refractivity contribution >= 4 is 11.5 Å². The van der Waals surface area contributed by atoms with Gasteiger partial charge in [-0.2, -0.15) is 0 Å². The molecular weight excluding hydrogens is 276 g/mol. The summed E-state index contributed by atoms with van der Waals surface area (Å²) in [4.78, 5) is 6.26. The number of rotatable bonds is 2. The summed E-state index contributed by atoms with van der Waals surface area (Å²) < 4.78 is 32.6. The van der Waals surface area contributed by atoms with E-state index in [2.05, 4.69) is 4.98 Å². The highest BCUT2D eigenvalue weighted by molar-refractivity contribution is 5.84. The summed E-state index contributed by atoms with van der Waals surface area (Å²) >= 11 is 0. The van der Waals surface area contributed by atoms with E-state index in [1.54, 1.807) is 12.3 Å². The van der Waals surface area contributed by atoms with E-state index >= 15 is 0 Å². The van der Waals surface area contributed by atoms with Crippen LogP contribution in [-0.2, 0) is 4.74 Å².